The highest BCUT2D eigenvalue weighted by atomic mass is 32.2. The summed E-state index contributed by atoms with van der Waals surface area (Å²) in [5, 5.41) is 2.83. The van der Waals surface area contributed by atoms with E-state index in [-0.39, 0.29) is 11.9 Å². The van der Waals surface area contributed by atoms with E-state index in [0.717, 1.165) is 17.7 Å². The molecule has 0 spiro atoms. The number of carbonyl (C=O) groups excluding carboxylic acids is 1. The van der Waals surface area contributed by atoms with Gasteiger partial charge in [0.25, 0.3) is 0 Å². The van der Waals surface area contributed by atoms with Crippen molar-refractivity contribution >= 4 is 16.7 Å². The smallest absolute Gasteiger partial charge is 0.244 e. The summed E-state index contributed by atoms with van der Waals surface area (Å²) >= 11 is 0. The predicted molar refractivity (Wildman–Crippen MR) is 53.9 cm³/mol. The van der Waals surface area contributed by atoms with Crippen LogP contribution in [0.15, 0.2) is 11.6 Å². The SMILES string of the molecule is CC(C)=CC(=O)NC1CCS(=O)C1. The number of hydrogen-bond donors (Lipinski definition) is 1. The average Bonchev–Trinajstić information content (AvgIpc) is 2.33. The van der Waals surface area contributed by atoms with Crippen LogP contribution in [-0.2, 0) is 15.6 Å². The molecule has 1 N–H and O–H groups in total. The van der Waals surface area contributed by atoms with Crippen LogP contribution in [0.1, 0.15) is 20.3 Å². The van der Waals surface area contributed by atoms with E-state index in [1.54, 1.807) is 6.08 Å². The van der Waals surface area contributed by atoms with Gasteiger partial charge in [0.2, 0.25) is 5.91 Å². The molecule has 3 nitrogen and oxygen atoms in total. The summed E-state index contributed by atoms with van der Waals surface area (Å²) in [6.07, 6.45) is 2.41. The molecule has 1 rings (SSSR count). The predicted octanol–water partition coefficient (Wildman–Crippen LogP) is 0.590. The van der Waals surface area contributed by atoms with Crippen LogP contribution in [0.25, 0.3) is 0 Å². The van der Waals surface area contributed by atoms with Crippen LogP contribution in [0, 0.1) is 0 Å². The van der Waals surface area contributed by atoms with Crippen LogP contribution in [0.3, 0.4) is 0 Å². The maximum Gasteiger partial charge on any atom is 0.244 e. The molecular formula is C9H15NO2S. The minimum atomic E-state index is -0.717. The fourth-order valence-electron chi connectivity index (χ4n) is 1.28. The van der Waals surface area contributed by atoms with Crippen molar-refractivity contribution in [3.8, 4) is 0 Å². The van der Waals surface area contributed by atoms with Gasteiger partial charge >= 0.3 is 0 Å². The molecule has 0 aromatic rings. The van der Waals surface area contributed by atoms with Crippen molar-refractivity contribution in [3.63, 3.8) is 0 Å². The van der Waals surface area contributed by atoms with Crippen molar-refractivity contribution in [2.24, 2.45) is 0 Å². The Morgan fingerprint density at radius 3 is 2.69 bits per heavy atom. The van der Waals surface area contributed by atoms with Gasteiger partial charge in [-0.15, -0.1) is 0 Å². The number of allylic oxidation sites excluding steroid dienone is 1. The molecule has 0 radical (unpaired) electrons. The third-order valence-electron chi connectivity index (χ3n) is 1.85. The van der Waals surface area contributed by atoms with Gasteiger partial charge < -0.3 is 5.32 Å². The minimum absolute atomic E-state index is 0.0658. The number of carbonyl (C=O) groups is 1. The van der Waals surface area contributed by atoms with Gasteiger partial charge in [-0.1, -0.05) is 5.57 Å². The maximum atomic E-state index is 11.2. The second kappa shape index (κ2) is 4.56. The molecular weight excluding hydrogens is 186 g/mol. The second-order valence-corrected chi connectivity index (χ2v) is 5.15. The standard InChI is InChI=1S/C9H15NO2S/c1-7(2)5-9(11)10-8-3-4-13(12)6-8/h5,8H,3-4,6H2,1-2H3,(H,10,11). The van der Waals surface area contributed by atoms with Crippen molar-refractivity contribution in [1.29, 1.82) is 0 Å². The summed E-state index contributed by atoms with van der Waals surface area (Å²) in [7, 11) is -0.717. The third-order valence-corrected chi connectivity index (χ3v) is 3.31. The lowest BCUT2D eigenvalue weighted by Gasteiger charge is -2.08. The van der Waals surface area contributed by atoms with Gasteiger partial charge in [-0.2, -0.15) is 0 Å². The molecule has 1 saturated heterocycles. The number of amides is 1. The van der Waals surface area contributed by atoms with Gasteiger partial charge in [0, 0.05) is 34.4 Å². The lowest BCUT2D eigenvalue weighted by molar-refractivity contribution is -0.117. The van der Waals surface area contributed by atoms with E-state index in [1.165, 1.54) is 0 Å². The zero-order chi connectivity index (χ0) is 9.84. The summed E-state index contributed by atoms with van der Waals surface area (Å²) in [5.74, 6) is 1.27. The number of rotatable bonds is 2. The van der Waals surface area contributed by atoms with Crippen molar-refractivity contribution in [2.45, 2.75) is 26.3 Å². The Kier molecular flexibility index (Phi) is 3.66. The van der Waals surface area contributed by atoms with E-state index >= 15 is 0 Å². The summed E-state index contributed by atoms with van der Waals surface area (Å²) in [6.45, 7) is 3.76. The molecule has 13 heavy (non-hydrogen) atoms. The van der Waals surface area contributed by atoms with E-state index in [0.29, 0.717) is 5.75 Å². The summed E-state index contributed by atoms with van der Waals surface area (Å²) in [5.41, 5.74) is 0.983. The molecule has 0 bridgehead atoms. The lowest BCUT2D eigenvalue weighted by Crippen LogP contribution is -2.34. The molecule has 1 fully saturated rings. The Balaban J connectivity index is 2.37. The molecule has 0 saturated carbocycles. The van der Waals surface area contributed by atoms with Crippen LogP contribution < -0.4 is 5.32 Å². The fraction of sp³-hybridized carbons (Fsp3) is 0.667. The van der Waals surface area contributed by atoms with E-state index in [9.17, 15) is 9.00 Å². The highest BCUT2D eigenvalue weighted by Crippen LogP contribution is 2.07. The Hall–Kier alpha value is -0.640. The van der Waals surface area contributed by atoms with Crippen molar-refractivity contribution in [3.05, 3.63) is 11.6 Å². The Bertz CT molecular complexity index is 256. The molecule has 0 aromatic carbocycles. The van der Waals surface area contributed by atoms with Gasteiger partial charge in [0.05, 0.1) is 0 Å². The number of hydrogen-bond acceptors (Lipinski definition) is 2. The lowest BCUT2D eigenvalue weighted by atomic mass is 10.2. The second-order valence-electron chi connectivity index (χ2n) is 3.53. The minimum Gasteiger partial charge on any atom is -0.349 e. The molecule has 1 amide bonds. The summed E-state index contributed by atoms with van der Waals surface area (Å²) in [6, 6.07) is 0.115. The van der Waals surface area contributed by atoms with Crippen molar-refractivity contribution in [1.82, 2.24) is 5.32 Å². The molecule has 2 unspecified atom stereocenters. The first-order valence-corrected chi connectivity index (χ1v) is 5.87. The first-order valence-electron chi connectivity index (χ1n) is 4.38. The zero-order valence-electron chi connectivity index (χ0n) is 8.00. The number of nitrogens with one attached hydrogen (secondary N) is 1. The Morgan fingerprint density at radius 2 is 2.23 bits per heavy atom. The van der Waals surface area contributed by atoms with Gasteiger partial charge in [-0.05, 0) is 20.3 Å². The normalized spacial score (nSPS) is 26.9. The maximum absolute atomic E-state index is 11.2. The molecule has 0 aliphatic carbocycles. The zero-order valence-corrected chi connectivity index (χ0v) is 8.82. The molecule has 1 aliphatic rings. The quantitative estimate of drug-likeness (QED) is 0.665. The van der Waals surface area contributed by atoms with Crippen LogP contribution in [0.5, 0.6) is 0 Å². The molecule has 2 atom stereocenters. The molecule has 1 aliphatic heterocycles. The van der Waals surface area contributed by atoms with E-state index in [4.69, 9.17) is 0 Å². The molecule has 0 aromatic heterocycles. The topological polar surface area (TPSA) is 46.2 Å². The molecule has 74 valence electrons. The molecule has 4 heteroatoms. The van der Waals surface area contributed by atoms with Crippen LogP contribution in [0.4, 0.5) is 0 Å². The Morgan fingerprint density at radius 1 is 1.54 bits per heavy atom. The average molecular weight is 201 g/mol. The summed E-state index contributed by atoms with van der Waals surface area (Å²) < 4.78 is 11.0. The fourth-order valence-corrected chi connectivity index (χ4v) is 2.70. The van der Waals surface area contributed by atoms with Gasteiger partial charge in [-0.3, -0.25) is 9.00 Å². The first kappa shape index (κ1) is 10.4. The van der Waals surface area contributed by atoms with Crippen molar-refractivity contribution in [2.75, 3.05) is 11.5 Å². The largest absolute Gasteiger partial charge is 0.349 e. The first-order chi connectivity index (χ1) is 6.08. The monoisotopic (exact) mass is 201 g/mol. The van der Waals surface area contributed by atoms with Crippen LogP contribution >= 0.6 is 0 Å². The van der Waals surface area contributed by atoms with Gasteiger partial charge in [-0.25, -0.2) is 0 Å². The highest BCUT2D eigenvalue weighted by molar-refractivity contribution is 7.85. The van der Waals surface area contributed by atoms with Crippen molar-refractivity contribution < 1.29 is 9.00 Å². The van der Waals surface area contributed by atoms with E-state index in [2.05, 4.69) is 5.32 Å². The van der Waals surface area contributed by atoms with Crippen LogP contribution in [-0.4, -0.2) is 27.7 Å². The van der Waals surface area contributed by atoms with Crippen LogP contribution in [0.2, 0.25) is 0 Å². The van der Waals surface area contributed by atoms with Gasteiger partial charge in [0.1, 0.15) is 0 Å². The highest BCUT2D eigenvalue weighted by Gasteiger charge is 2.21. The van der Waals surface area contributed by atoms with E-state index < -0.39 is 10.8 Å². The van der Waals surface area contributed by atoms with Gasteiger partial charge in [0.15, 0.2) is 0 Å². The van der Waals surface area contributed by atoms with E-state index in [1.807, 2.05) is 13.8 Å². The Labute approximate surface area is 81.0 Å². The third kappa shape index (κ3) is 3.72. The molecule has 1 heterocycles. The summed E-state index contributed by atoms with van der Waals surface area (Å²) in [4.78, 5) is 11.2.